The van der Waals surface area contributed by atoms with Crippen LogP contribution in [0.15, 0.2) is 54.6 Å². The Morgan fingerprint density at radius 3 is 2.21 bits per heavy atom. The van der Waals surface area contributed by atoms with Gasteiger partial charge in [-0.15, -0.1) is 24.8 Å². The van der Waals surface area contributed by atoms with Crippen LogP contribution in [0.5, 0.6) is 0 Å². The van der Waals surface area contributed by atoms with E-state index in [2.05, 4.69) is 71.3 Å². The second-order valence-corrected chi connectivity index (χ2v) is 6.50. The van der Waals surface area contributed by atoms with Crippen molar-refractivity contribution >= 4 is 24.8 Å². The summed E-state index contributed by atoms with van der Waals surface area (Å²) in [5, 5.41) is 0. The lowest BCUT2D eigenvalue weighted by atomic mass is 9.80. The molecule has 2 heterocycles. The van der Waals surface area contributed by atoms with Crippen molar-refractivity contribution in [1.82, 2.24) is 9.80 Å². The van der Waals surface area contributed by atoms with Crippen LogP contribution in [0.25, 0.3) is 0 Å². The maximum Gasteiger partial charge on any atom is 0.0479 e. The average Bonchev–Trinajstić information content (AvgIpc) is 2.61. The molecule has 1 fully saturated rings. The van der Waals surface area contributed by atoms with Crippen molar-refractivity contribution in [2.45, 2.75) is 18.9 Å². The van der Waals surface area contributed by atoms with Gasteiger partial charge in [0, 0.05) is 38.1 Å². The molecule has 2 aliphatic rings. The molecular formula is C20H26Cl2N2. The van der Waals surface area contributed by atoms with Crippen LogP contribution in [0.1, 0.15) is 35.6 Å². The summed E-state index contributed by atoms with van der Waals surface area (Å²) in [5.74, 6) is 0.516. The van der Waals surface area contributed by atoms with E-state index in [1.165, 1.54) is 30.8 Å². The largest absolute Gasteiger partial charge is 0.300 e. The lowest BCUT2D eigenvalue weighted by Gasteiger charge is -2.47. The van der Waals surface area contributed by atoms with Crippen LogP contribution in [0.3, 0.4) is 0 Å². The van der Waals surface area contributed by atoms with Crippen molar-refractivity contribution in [3.63, 3.8) is 0 Å². The first-order chi connectivity index (χ1) is 10.9. The van der Waals surface area contributed by atoms with Gasteiger partial charge in [0.2, 0.25) is 0 Å². The maximum absolute atomic E-state index is 2.70. The van der Waals surface area contributed by atoms with Crippen molar-refractivity contribution in [2.24, 2.45) is 0 Å². The molecule has 1 saturated heterocycles. The predicted molar refractivity (Wildman–Crippen MR) is 106 cm³/mol. The Morgan fingerprint density at radius 2 is 1.50 bits per heavy atom. The van der Waals surface area contributed by atoms with E-state index in [0.717, 1.165) is 13.1 Å². The van der Waals surface area contributed by atoms with Gasteiger partial charge in [0.25, 0.3) is 0 Å². The second kappa shape index (κ2) is 8.35. The molecule has 4 heteroatoms. The van der Waals surface area contributed by atoms with Crippen LogP contribution < -0.4 is 0 Å². The molecule has 0 unspecified atom stereocenters. The molecule has 130 valence electrons. The first-order valence-electron chi connectivity index (χ1n) is 8.47. The molecule has 0 aromatic heterocycles. The van der Waals surface area contributed by atoms with Gasteiger partial charge < -0.3 is 4.90 Å². The molecule has 2 aliphatic heterocycles. The van der Waals surface area contributed by atoms with E-state index >= 15 is 0 Å². The molecular weight excluding hydrogens is 339 g/mol. The fraction of sp³-hybridized carbons (Fsp3) is 0.400. The predicted octanol–water partition coefficient (Wildman–Crippen LogP) is 4.35. The van der Waals surface area contributed by atoms with Crippen molar-refractivity contribution in [1.29, 1.82) is 0 Å². The van der Waals surface area contributed by atoms with Gasteiger partial charge in [0.05, 0.1) is 0 Å². The van der Waals surface area contributed by atoms with Gasteiger partial charge in [-0.2, -0.15) is 0 Å². The Hall–Kier alpha value is -1.06. The highest BCUT2D eigenvalue weighted by Gasteiger charge is 2.36. The zero-order valence-electron chi connectivity index (χ0n) is 14.1. The SMILES string of the molecule is CCN1CCN2C[C@H](c3ccccc3)c3ccccc3[C@H]2C1.Cl.Cl. The van der Waals surface area contributed by atoms with Gasteiger partial charge >= 0.3 is 0 Å². The molecule has 2 aromatic carbocycles. The maximum atomic E-state index is 2.70. The number of piperazine rings is 1. The van der Waals surface area contributed by atoms with Crippen LogP contribution >= 0.6 is 24.8 Å². The van der Waals surface area contributed by atoms with Crippen LogP contribution in [0.4, 0.5) is 0 Å². The number of benzene rings is 2. The highest BCUT2D eigenvalue weighted by Crippen LogP contribution is 2.40. The molecule has 0 bridgehead atoms. The normalized spacial score (nSPS) is 23.4. The standard InChI is InChI=1S/C20H24N2.2ClH/c1-2-21-12-13-22-14-19(16-8-4-3-5-9-16)17-10-6-7-11-18(17)20(22)15-21;;/h3-11,19-20H,2,12-15H2,1H3;2*1H/t19-,20-;;/m1../s1. The highest BCUT2D eigenvalue weighted by molar-refractivity contribution is 5.85. The molecule has 0 aliphatic carbocycles. The summed E-state index contributed by atoms with van der Waals surface area (Å²) in [7, 11) is 0. The van der Waals surface area contributed by atoms with E-state index in [4.69, 9.17) is 0 Å². The minimum atomic E-state index is 0. The summed E-state index contributed by atoms with van der Waals surface area (Å²) in [6, 6.07) is 20.7. The van der Waals surface area contributed by atoms with Gasteiger partial charge in [-0.25, -0.2) is 0 Å². The number of hydrogen-bond acceptors (Lipinski definition) is 2. The number of rotatable bonds is 2. The van der Waals surface area contributed by atoms with Crippen LogP contribution in [0, 0.1) is 0 Å². The molecule has 0 spiro atoms. The van der Waals surface area contributed by atoms with Crippen LogP contribution in [0.2, 0.25) is 0 Å². The molecule has 4 rings (SSSR count). The Labute approximate surface area is 157 Å². The summed E-state index contributed by atoms with van der Waals surface area (Å²) in [5.41, 5.74) is 4.53. The molecule has 2 nitrogen and oxygen atoms in total. The molecule has 0 amide bonds. The van der Waals surface area contributed by atoms with Crippen molar-refractivity contribution in [2.75, 3.05) is 32.7 Å². The van der Waals surface area contributed by atoms with E-state index in [0.29, 0.717) is 12.0 Å². The fourth-order valence-electron chi connectivity index (χ4n) is 4.11. The third-order valence-electron chi connectivity index (χ3n) is 5.37. The minimum Gasteiger partial charge on any atom is -0.300 e. The average molecular weight is 365 g/mol. The third-order valence-corrected chi connectivity index (χ3v) is 5.37. The van der Waals surface area contributed by atoms with Gasteiger partial charge in [0.15, 0.2) is 0 Å². The zero-order valence-corrected chi connectivity index (χ0v) is 15.7. The van der Waals surface area contributed by atoms with Gasteiger partial charge in [-0.1, -0.05) is 61.5 Å². The van der Waals surface area contributed by atoms with Gasteiger partial charge in [-0.05, 0) is 23.2 Å². The number of fused-ring (bicyclic) bond motifs is 3. The first kappa shape index (κ1) is 19.3. The van der Waals surface area contributed by atoms with Crippen LogP contribution in [-0.2, 0) is 0 Å². The molecule has 2 atom stereocenters. The zero-order chi connectivity index (χ0) is 14.9. The van der Waals surface area contributed by atoms with Crippen molar-refractivity contribution in [3.8, 4) is 0 Å². The fourth-order valence-corrected chi connectivity index (χ4v) is 4.11. The number of halogens is 2. The number of hydrogen-bond donors (Lipinski definition) is 0. The van der Waals surface area contributed by atoms with Crippen molar-refractivity contribution in [3.05, 3.63) is 71.3 Å². The van der Waals surface area contributed by atoms with Gasteiger partial charge in [0.1, 0.15) is 0 Å². The quantitative estimate of drug-likeness (QED) is 0.781. The monoisotopic (exact) mass is 364 g/mol. The first-order valence-corrected chi connectivity index (χ1v) is 8.47. The van der Waals surface area contributed by atoms with Crippen LogP contribution in [-0.4, -0.2) is 42.5 Å². The second-order valence-electron chi connectivity index (χ2n) is 6.50. The molecule has 0 N–H and O–H groups in total. The molecule has 0 saturated carbocycles. The van der Waals surface area contributed by atoms with E-state index in [1.54, 1.807) is 5.56 Å². The highest BCUT2D eigenvalue weighted by atomic mass is 35.5. The lowest BCUT2D eigenvalue weighted by Crippen LogP contribution is -2.51. The van der Waals surface area contributed by atoms with E-state index in [1.807, 2.05) is 0 Å². The molecule has 2 aromatic rings. The van der Waals surface area contributed by atoms with Gasteiger partial charge in [-0.3, -0.25) is 4.90 Å². The van der Waals surface area contributed by atoms with E-state index in [9.17, 15) is 0 Å². The Kier molecular flexibility index (Phi) is 6.70. The summed E-state index contributed by atoms with van der Waals surface area (Å²) >= 11 is 0. The third kappa shape index (κ3) is 3.48. The van der Waals surface area contributed by atoms with E-state index in [-0.39, 0.29) is 24.8 Å². The summed E-state index contributed by atoms with van der Waals surface area (Å²) in [6.07, 6.45) is 0. The Balaban J connectivity index is 0.00000104. The summed E-state index contributed by atoms with van der Waals surface area (Å²) < 4.78 is 0. The van der Waals surface area contributed by atoms with Crippen molar-refractivity contribution < 1.29 is 0 Å². The summed E-state index contributed by atoms with van der Waals surface area (Å²) in [4.78, 5) is 5.28. The summed E-state index contributed by atoms with van der Waals surface area (Å²) in [6.45, 7) is 8.16. The van der Waals surface area contributed by atoms with E-state index < -0.39 is 0 Å². The lowest BCUT2D eigenvalue weighted by molar-refractivity contribution is 0.0658. The topological polar surface area (TPSA) is 6.48 Å². The molecule has 0 radical (unpaired) electrons. The minimum absolute atomic E-state index is 0. The smallest absolute Gasteiger partial charge is 0.0479 e. The number of likely N-dealkylation sites (N-methyl/N-ethyl adjacent to an activating group) is 1. The number of nitrogens with zero attached hydrogens (tertiary/aromatic N) is 2. The molecule has 24 heavy (non-hydrogen) atoms. The Bertz CT molecular complexity index is 647. The Morgan fingerprint density at radius 1 is 0.833 bits per heavy atom.